The highest BCUT2D eigenvalue weighted by Gasteiger charge is 2.01. The van der Waals surface area contributed by atoms with E-state index < -0.39 is 0 Å². The third kappa shape index (κ3) is 2.08. The molecule has 0 fully saturated rings. The molecule has 0 aliphatic heterocycles. The summed E-state index contributed by atoms with van der Waals surface area (Å²) in [4.78, 5) is 1.25. The SMILES string of the molecule is CCOCc1cc2cc(Cl)ccc2s1. The molecule has 3 heteroatoms. The second kappa shape index (κ2) is 4.30. The first-order chi connectivity index (χ1) is 6.79. The lowest BCUT2D eigenvalue weighted by molar-refractivity contribution is 0.136. The van der Waals surface area contributed by atoms with Crippen molar-refractivity contribution in [1.29, 1.82) is 0 Å². The van der Waals surface area contributed by atoms with Crippen molar-refractivity contribution in [3.05, 3.63) is 34.2 Å². The second-order valence-corrected chi connectivity index (χ2v) is 4.64. The van der Waals surface area contributed by atoms with Gasteiger partial charge in [0.1, 0.15) is 0 Å². The second-order valence-electron chi connectivity index (χ2n) is 3.03. The molecule has 1 nitrogen and oxygen atoms in total. The van der Waals surface area contributed by atoms with Crippen LogP contribution >= 0.6 is 22.9 Å². The third-order valence-electron chi connectivity index (χ3n) is 1.98. The van der Waals surface area contributed by atoms with Crippen LogP contribution in [0.4, 0.5) is 0 Å². The average Bonchev–Trinajstić information content (AvgIpc) is 2.56. The van der Waals surface area contributed by atoms with Crippen molar-refractivity contribution in [2.75, 3.05) is 6.61 Å². The molecule has 1 aromatic carbocycles. The molecule has 0 unspecified atom stereocenters. The molecule has 2 rings (SSSR count). The molecular weight excluding hydrogens is 216 g/mol. The number of hydrogen-bond donors (Lipinski definition) is 0. The topological polar surface area (TPSA) is 9.23 Å². The van der Waals surface area contributed by atoms with Gasteiger partial charge in [0.2, 0.25) is 0 Å². The van der Waals surface area contributed by atoms with Crippen molar-refractivity contribution in [1.82, 2.24) is 0 Å². The number of rotatable bonds is 3. The highest BCUT2D eigenvalue weighted by Crippen LogP contribution is 2.28. The highest BCUT2D eigenvalue weighted by molar-refractivity contribution is 7.19. The molecule has 0 radical (unpaired) electrons. The summed E-state index contributed by atoms with van der Waals surface area (Å²) in [6.45, 7) is 3.46. The first-order valence-corrected chi connectivity index (χ1v) is 5.75. The van der Waals surface area contributed by atoms with E-state index in [9.17, 15) is 0 Å². The van der Waals surface area contributed by atoms with Crippen molar-refractivity contribution >= 4 is 33.0 Å². The van der Waals surface area contributed by atoms with Crippen molar-refractivity contribution in [3.8, 4) is 0 Å². The van der Waals surface area contributed by atoms with Gasteiger partial charge in [0, 0.05) is 21.2 Å². The number of hydrogen-bond acceptors (Lipinski definition) is 2. The molecule has 0 saturated heterocycles. The molecule has 0 bridgehead atoms. The molecule has 74 valence electrons. The number of thiophene rings is 1. The van der Waals surface area contributed by atoms with Gasteiger partial charge in [-0.1, -0.05) is 11.6 Å². The molecule has 2 aromatic rings. The molecule has 0 N–H and O–H groups in total. The largest absolute Gasteiger partial charge is 0.376 e. The van der Waals surface area contributed by atoms with Crippen molar-refractivity contribution < 1.29 is 4.74 Å². The molecule has 0 aliphatic carbocycles. The first kappa shape index (κ1) is 9.97. The minimum atomic E-state index is 0.702. The summed E-state index contributed by atoms with van der Waals surface area (Å²) >= 11 is 7.67. The lowest BCUT2D eigenvalue weighted by Crippen LogP contribution is -1.87. The zero-order valence-corrected chi connectivity index (χ0v) is 9.49. The van der Waals surface area contributed by atoms with Gasteiger partial charge in [-0.3, -0.25) is 0 Å². The molecule has 1 heterocycles. The van der Waals surface area contributed by atoms with Gasteiger partial charge < -0.3 is 4.74 Å². The predicted octanol–water partition coefficient (Wildman–Crippen LogP) is 4.09. The molecule has 0 saturated carbocycles. The number of ether oxygens (including phenoxy) is 1. The fourth-order valence-corrected chi connectivity index (χ4v) is 2.51. The summed E-state index contributed by atoms with van der Waals surface area (Å²) in [5.41, 5.74) is 0. The van der Waals surface area contributed by atoms with Gasteiger partial charge in [-0.05, 0) is 36.6 Å². The highest BCUT2D eigenvalue weighted by atomic mass is 35.5. The van der Waals surface area contributed by atoms with Gasteiger partial charge in [-0.15, -0.1) is 11.3 Å². The van der Waals surface area contributed by atoms with Crippen LogP contribution in [0.15, 0.2) is 24.3 Å². The Kier molecular flexibility index (Phi) is 3.06. The van der Waals surface area contributed by atoms with Crippen molar-refractivity contribution in [2.45, 2.75) is 13.5 Å². The Labute approximate surface area is 92.3 Å². The standard InChI is InChI=1S/C11H11ClOS/c1-2-13-7-10-6-8-5-9(12)3-4-11(8)14-10/h3-6H,2,7H2,1H3. The van der Waals surface area contributed by atoms with Gasteiger partial charge in [0.15, 0.2) is 0 Å². The van der Waals surface area contributed by atoms with E-state index in [1.54, 1.807) is 11.3 Å². The molecule has 0 spiro atoms. The maximum Gasteiger partial charge on any atom is 0.0809 e. The van der Waals surface area contributed by atoms with Crippen LogP contribution in [0.1, 0.15) is 11.8 Å². The van der Waals surface area contributed by atoms with E-state index in [0.717, 1.165) is 11.6 Å². The van der Waals surface area contributed by atoms with Crippen molar-refractivity contribution in [3.63, 3.8) is 0 Å². The summed E-state index contributed by atoms with van der Waals surface area (Å²) in [7, 11) is 0. The Morgan fingerprint density at radius 3 is 3.00 bits per heavy atom. The molecular formula is C11H11ClOS. The van der Waals surface area contributed by atoms with Gasteiger partial charge in [-0.25, -0.2) is 0 Å². The van der Waals surface area contributed by atoms with E-state index in [2.05, 4.69) is 12.1 Å². The van der Waals surface area contributed by atoms with Gasteiger partial charge >= 0.3 is 0 Å². The minimum Gasteiger partial charge on any atom is -0.376 e. The van der Waals surface area contributed by atoms with E-state index in [1.165, 1.54) is 15.0 Å². The summed E-state index contributed by atoms with van der Waals surface area (Å²) in [5, 5.41) is 2.00. The van der Waals surface area contributed by atoms with Gasteiger partial charge in [-0.2, -0.15) is 0 Å². The van der Waals surface area contributed by atoms with Crippen LogP contribution in [0, 0.1) is 0 Å². The van der Waals surface area contributed by atoms with Crippen LogP contribution < -0.4 is 0 Å². The van der Waals surface area contributed by atoms with E-state index in [0.29, 0.717) is 6.61 Å². The number of benzene rings is 1. The van der Waals surface area contributed by atoms with E-state index >= 15 is 0 Å². The Morgan fingerprint density at radius 2 is 2.21 bits per heavy atom. The first-order valence-electron chi connectivity index (χ1n) is 4.55. The number of halogens is 1. The summed E-state index contributed by atoms with van der Waals surface area (Å²) in [6.07, 6.45) is 0. The number of fused-ring (bicyclic) bond motifs is 1. The van der Waals surface area contributed by atoms with Crippen LogP contribution in [-0.4, -0.2) is 6.61 Å². The lowest BCUT2D eigenvalue weighted by Gasteiger charge is -1.94. The van der Waals surface area contributed by atoms with Crippen molar-refractivity contribution in [2.24, 2.45) is 0 Å². The average molecular weight is 227 g/mol. The summed E-state index contributed by atoms with van der Waals surface area (Å²) in [5.74, 6) is 0. The maximum atomic E-state index is 5.91. The zero-order valence-electron chi connectivity index (χ0n) is 7.92. The molecule has 0 amide bonds. The minimum absolute atomic E-state index is 0.702. The van der Waals surface area contributed by atoms with E-state index in [4.69, 9.17) is 16.3 Å². The normalized spacial score (nSPS) is 11.0. The Hall–Kier alpha value is -0.570. The summed E-state index contributed by atoms with van der Waals surface area (Å²) < 4.78 is 6.62. The lowest BCUT2D eigenvalue weighted by atomic mass is 10.2. The third-order valence-corrected chi connectivity index (χ3v) is 3.30. The molecule has 1 aromatic heterocycles. The molecule has 0 aliphatic rings. The van der Waals surface area contributed by atoms with Crippen LogP contribution in [0.5, 0.6) is 0 Å². The Bertz CT molecular complexity index is 436. The smallest absolute Gasteiger partial charge is 0.0809 e. The fourth-order valence-electron chi connectivity index (χ4n) is 1.34. The van der Waals surface area contributed by atoms with Gasteiger partial charge in [0.25, 0.3) is 0 Å². The Morgan fingerprint density at radius 1 is 1.36 bits per heavy atom. The quantitative estimate of drug-likeness (QED) is 0.766. The zero-order chi connectivity index (χ0) is 9.97. The van der Waals surface area contributed by atoms with Crippen LogP contribution in [0.2, 0.25) is 5.02 Å². The van der Waals surface area contributed by atoms with E-state index in [1.807, 2.05) is 19.1 Å². The predicted molar refractivity (Wildman–Crippen MR) is 62.2 cm³/mol. The van der Waals surface area contributed by atoms with Crippen LogP contribution in [0.25, 0.3) is 10.1 Å². The monoisotopic (exact) mass is 226 g/mol. The Balaban J connectivity index is 2.32. The molecule has 14 heavy (non-hydrogen) atoms. The van der Waals surface area contributed by atoms with Crippen LogP contribution in [0.3, 0.4) is 0 Å². The van der Waals surface area contributed by atoms with E-state index in [-0.39, 0.29) is 0 Å². The summed E-state index contributed by atoms with van der Waals surface area (Å²) in [6, 6.07) is 8.10. The fraction of sp³-hybridized carbons (Fsp3) is 0.273. The van der Waals surface area contributed by atoms with Crippen LogP contribution in [-0.2, 0) is 11.3 Å². The molecule has 0 atom stereocenters. The van der Waals surface area contributed by atoms with Gasteiger partial charge in [0.05, 0.1) is 6.61 Å². The maximum absolute atomic E-state index is 5.91.